The molecular formula is C8H6BrClO4. The summed E-state index contributed by atoms with van der Waals surface area (Å²) >= 11 is 8.69. The molecule has 0 fully saturated rings. The molecule has 1 rings (SSSR count). The molecule has 0 bridgehead atoms. The minimum atomic E-state index is -1.28. The summed E-state index contributed by atoms with van der Waals surface area (Å²) < 4.78 is 0.347. The number of hydrogen-bond donors (Lipinski definition) is 3. The molecule has 0 spiro atoms. The van der Waals surface area contributed by atoms with Gasteiger partial charge in [-0.3, -0.25) is 0 Å². The van der Waals surface area contributed by atoms with Gasteiger partial charge < -0.3 is 15.3 Å². The van der Waals surface area contributed by atoms with Gasteiger partial charge in [-0.15, -0.1) is 0 Å². The molecule has 0 aliphatic rings. The van der Waals surface area contributed by atoms with E-state index in [4.69, 9.17) is 21.8 Å². The smallest absolute Gasteiger partial charge is 0.339 e. The zero-order valence-corrected chi connectivity index (χ0v) is 9.13. The normalized spacial score (nSPS) is 10.2. The largest absolute Gasteiger partial charge is 0.505 e. The van der Waals surface area contributed by atoms with Crippen LogP contribution in [0.25, 0.3) is 0 Å². The lowest BCUT2D eigenvalue weighted by atomic mass is 10.1. The maximum atomic E-state index is 10.6. The van der Waals surface area contributed by atoms with Crippen molar-refractivity contribution in [2.45, 2.75) is 6.61 Å². The van der Waals surface area contributed by atoms with Crippen LogP contribution in [0.15, 0.2) is 10.5 Å². The second-order valence-electron chi connectivity index (χ2n) is 2.51. The lowest BCUT2D eigenvalue weighted by Crippen LogP contribution is -2.00. The monoisotopic (exact) mass is 280 g/mol. The predicted molar refractivity (Wildman–Crippen MR) is 53.7 cm³/mol. The molecule has 76 valence electrons. The van der Waals surface area contributed by atoms with Crippen LogP contribution in [0.4, 0.5) is 0 Å². The van der Waals surface area contributed by atoms with Crippen LogP contribution >= 0.6 is 27.5 Å². The summed E-state index contributed by atoms with van der Waals surface area (Å²) in [6, 6.07) is 1.19. The maximum absolute atomic E-state index is 10.6. The van der Waals surface area contributed by atoms with Crippen LogP contribution in [0.1, 0.15) is 15.9 Å². The number of carboxylic acids is 1. The standard InChI is InChI=1S/C8H6BrClO4/c9-5-1-3(8(13)14)7(12)6(10)4(5)2-11/h1,11-12H,2H2,(H,13,14). The van der Waals surface area contributed by atoms with Crippen molar-refractivity contribution in [3.05, 3.63) is 26.7 Å². The van der Waals surface area contributed by atoms with Crippen molar-refractivity contribution in [2.75, 3.05) is 0 Å². The van der Waals surface area contributed by atoms with Gasteiger partial charge in [0.1, 0.15) is 11.3 Å². The van der Waals surface area contributed by atoms with Gasteiger partial charge in [-0.1, -0.05) is 27.5 Å². The first-order valence-corrected chi connectivity index (χ1v) is 4.70. The number of phenols is 1. The van der Waals surface area contributed by atoms with Crippen LogP contribution in [0.5, 0.6) is 5.75 Å². The van der Waals surface area contributed by atoms with E-state index in [1.165, 1.54) is 6.07 Å². The number of rotatable bonds is 2. The summed E-state index contributed by atoms with van der Waals surface area (Å²) in [7, 11) is 0. The molecular weight excluding hydrogens is 275 g/mol. The summed E-state index contributed by atoms with van der Waals surface area (Å²) in [5, 5.41) is 26.8. The van der Waals surface area contributed by atoms with Gasteiger partial charge in [-0.25, -0.2) is 4.79 Å². The second-order valence-corrected chi connectivity index (χ2v) is 3.74. The third-order valence-corrected chi connectivity index (χ3v) is 2.79. The van der Waals surface area contributed by atoms with Crippen molar-refractivity contribution in [1.82, 2.24) is 0 Å². The molecule has 0 heterocycles. The van der Waals surface area contributed by atoms with E-state index in [1.54, 1.807) is 0 Å². The average molecular weight is 281 g/mol. The highest BCUT2D eigenvalue weighted by Crippen LogP contribution is 2.36. The molecule has 14 heavy (non-hydrogen) atoms. The zero-order valence-electron chi connectivity index (χ0n) is 6.79. The molecule has 0 unspecified atom stereocenters. The van der Waals surface area contributed by atoms with Crippen LogP contribution < -0.4 is 0 Å². The quantitative estimate of drug-likeness (QED) is 0.775. The number of hydrogen-bond acceptors (Lipinski definition) is 3. The Balaban J connectivity index is 3.47. The van der Waals surface area contributed by atoms with Gasteiger partial charge in [0.15, 0.2) is 0 Å². The van der Waals surface area contributed by atoms with E-state index in [0.29, 0.717) is 4.47 Å². The Labute approximate surface area is 92.9 Å². The van der Waals surface area contributed by atoms with E-state index in [9.17, 15) is 9.90 Å². The van der Waals surface area contributed by atoms with Crippen molar-refractivity contribution >= 4 is 33.5 Å². The number of aliphatic hydroxyl groups excluding tert-OH is 1. The summed E-state index contributed by atoms with van der Waals surface area (Å²) in [4.78, 5) is 10.6. The Kier molecular flexibility index (Phi) is 3.36. The summed E-state index contributed by atoms with van der Waals surface area (Å²) in [5.41, 5.74) is -0.0479. The highest BCUT2D eigenvalue weighted by molar-refractivity contribution is 9.10. The van der Waals surface area contributed by atoms with Crippen LogP contribution in [0.3, 0.4) is 0 Å². The van der Waals surface area contributed by atoms with Crippen LogP contribution in [0, 0.1) is 0 Å². The van der Waals surface area contributed by atoms with E-state index in [-0.39, 0.29) is 22.8 Å². The first kappa shape index (κ1) is 11.3. The predicted octanol–water partition coefficient (Wildman–Crippen LogP) is 2.00. The third-order valence-electron chi connectivity index (χ3n) is 1.68. The van der Waals surface area contributed by atoms with Gasteiger partial charge in [-0.2, -0.15) is 0 Å². The fraction of sp³-hybridized carbons (Fsp3) is 0.125. The molecule has 1 aromatic rings. The number of halogens is 2. The van der Waals surface area contributed by atoms with Gasteiger partial charge in [0.05, 0.1) is 11.6 Å². The molecule has 0 atom stereocenters. The van der Waals surface area contributed by atoms with E-state index in [2.05, 4.69) is 15.9 Å². The number of benzene rings is 1. The number of aromatic hydroxyl groups is 1. The van der Waals surface area contributed by atoms with Crippen molar-refractivity contribution in [3.8, 4) is 5.75 Å². The fourth-order valence-electron chi connectivity index (χ4n) is 0.956. The van der Waals surface area contributed by atoms with E-state index in [1.807, 2.05) is 0 Å². The minimum Gasteiger partial charge on any atom is -0.505 e. The molecule has 6 heteroatoms. The first-order chi connectivity index (χ1) is 6.49. The molecule has 0 amide bonds. The lowest BCUT2D eigenvalue weighted by molar-refractivity contribution is 0.0693. The second kappa shape index (κ2) is 4.16. The Morgan fingerprint density at radius 1 is 1.57 bits per heavy atom. The van der Waals surface area contributed by atoms with Crippen molar-refractivity contribution in [2.24, 2.45) is 0 Å². The van der Waals surface area contributed by atoms with Crippen molar-refractivity contribution in [1.29, 1.82) is 0 Å². The zero-order chi connectivity index (χ0) is 10.9. The first-order valence-electron chi connectivity index (χ1n) is 3.53. The molecule has 0 aliphatic carbocycles. The Morgan fingerprint density at radius 2 is 2.14 bits per heavy atom. The lowest BCUT2D eigenvalue weighted by Gasteiger charge is -2.08. The third kappa shape index (κ3) is 1.84. The highest BCUT2D eigenvalue weighted by atomic mass is 79.9. The van der Waals surface area contributed by atoms with Crippen LogP contribution in [-0.2, 0) is 6.61 Å². The number of carbonyl (C=O) groups is 1. The highest BCUT2D eigenvalue weighted by Gasteiger charge is 2.18. The molecule has 1 aromatic carbocycles. The molecule has 4 nitrogen and oxygen atoms in total. The number of aromatic carboxylic acids is 1. The van der Waals surface area contributed by atoms with E-state index >= 15 is 0 Å². The Bertz CT molecular complexity index is 391. The molecule has 0 radical (unpaired) electrons. The average Bonchev–Trinajstić information content (AvgIpc) is 2.12. The summed E-state index contributed by atoms with van der Waals surface area (Å²) in [5.74, 6) is -1.82. The van der Waals surface area contributed by atoms with Crippen molar-refractivity contribution in [3.63, 3.8) is 0 Å². The molecule has 0 aliphatic heterocycles. The number of aliphatic hydroxyl groups is 1. The Hall–Kier alpha value is -0.780. The van der Waals surface area contributed by atoms with Crippen LogP contribution in [-0.4, -0.2) is 21.3 Å². The van der Waals surface area contributed by atoms with E-state index in [0.717, 1.165) is 0 Å². The van der Waals surface area contributed by atoms with Gasteiger partial charge in [0, 0.05) is 10.0 Å². The molecule has 3 N–H and O–H groups in total. The summed E-state index contributed by atoms with van der Waals surface area (Å²) in [6.45, 7) is -0.382. The topological polar surface area (TPSA) is 77.8 Å². The molecule has 0 saturated heterocycles. The van der Waals surface area contributed by atoms with Gasteiger partial charge in [-0.05, 0) is 6.07 Å². The van der Waals surface area contributed by atoms with Gasteiger partial charge in [0.2, 0.25) is 0 Å². The molecule has 0 aromatic heterocycles. The maximum Gasteiger partial charge on any atom is 0.339 e. The number of carboxylic acid groups (broad SMARTS) is 1. The van der Waals surface area contributed by atoms with Crippen molar-refractivity contribution < 1.29 is 20.1 Å². The minimum absolute atomic E-state index is 0.153. The SMILES string of the molecule is O=C(O)c1cc(Br)c(CO)c(Cl)c1O. The van der Waals surface area contributed by atoms with Gasteiger partial charge in [0.25, 0.3) is 0 Å². The van der Waals surface area contributed by atoms with Crippen LogP contribution in [0.2, 0.25) is 5.02 Å². The summed E-state index contributed by atoms with van der Waals surface area (Å²) in [6.07, 6.45) is 0. The van der Waals surface area contributed by atoms with E-state index < -0.39 is 11.7 Å². The fourth-order valence-corrected chi connectivity index (χ4v) is 1.89. The molecule has 0 saturated carbocycles. The Morgan fingerprint density at radius 3 is 2.57 bits per heavy atom. The van der Waals surface area contributed by atoms with Gasteiger partial charge >= 0.3 is 5.97 Å².